The molecule has 0 saturated heterocycles. The van der Waals surface area contributed by atoms with E-state index in [-0.39, 0.29) is 5.78 Å². The number of nitrogens with zero attached hydrogens (tertiary/aromatic N) is 1. The lowest BCUT2D eigenvalue weighted by Gasteiger charge is -1.98. The fourth-order valence-electron chi connectivity index (χ4n) is 1.29. The third kappa shape index (κ3) is 5.81. The molecule has 0 N–H and O–H groups in total. The van der Waals surface area contributed by atoms with Crippen molar-refractivity contribution in [3.63, 3.8) is 0 Å². The van der Waals surface area contributed by atoms with Gasteiger partial charge in [0.15, 0.2) is 0 Å². The molecule has 0 spiro atoms. The van der Waals surface area contributed by atoms with Crippen LogP contribution in [0, 0.1) is 0 Å². The van der Waals surface area contributed by atoms with Crippen LogP contribution < -0.4 is 10.6 Å². The second-order valence-electron chi connectivity index (χ2n) is 3.49. The average Bonchev–Trinajstić information content (AvgIpc) is 2.32. The van der Waals surface area contributed by atoms with Gasteiger partial charge >= 0.3 is 0 Å². The standard InChI is InChI=1S/C13H15NO.C2H6/c1-4-5-13-10(2)8-12(9-14-13)7-6-11(3)15;1-2/h4-5,8-9H,1-2,6-7H2,3H3;1-2H3/b13-5+;. The Labute approximate surface area is 103 Å². The van der Waals surface area contributed by atoms with Crippen LogP contribution in [0.25, 0.3) is 12.7 Å². The van der Waals surface area contributed by atoms with Gasteiger partial charge in [-0.25, -0.2) is 0 Å². The van der Waals surface area contributed by atoms with E-state index in [9.17, 15) is 4.79 Å². The fraction of sp³-hybridized carbons (Fsp3) is 0.333. The van der Waals surface area contributed by atoms with Crippen LogP contribution in [0.1, 0.15) is 32.8 Å². The highest BCUT2D eigenvalue weighted by atomic mass is 16.1. The first kappa shape index (κ1) is 15.3. The van der Waals surface area contributed by atoms with Gasteiger partial charge in [0, 0.05) is 12.6 Å². The molecule has 0 aliphatic rings. The van der Waals surface area contributed by atoms with E-state index in [1.807, 2.05) is 26.0 Å². The molecule has 0 fully saturated rings. The maximum absolute atomic E-state index is 10.8. The van der Waals surface area contributed by atoms with Gasteiger partial charge in [-0.3, -0.25) is 4.98 Å². The molecule has 0 saturated carbocycles. The van der Waals surface area contributed by atoms with Crippen molar-refractivity contribution in [2.24, 2.45) is 0 Å². The van der Waals surface area contributed by atoms with E-state index in [0.717, 1.165) is 22.6 Å². The molecule has 2 nitrogen and oxygen atoms in total. The van der Waals surface area contributed by atoms with E-state index >= 15 is 0 Å². The monoisotopic (exact) mass is 231 g/mol. The maximum Gasteiger partial charge on any atom is 0.130 e. The molecule has 0 unspecified atom stereocenters. The van der Waals surface area contributed by atoms with E-state index in [4.69, 9.17) is 0 Å². The summed E-state index contributed by atoms with van der Waals surface area (Å²) in [5, 5.41) is 1.70. The molecule has 92 valence electrons. The normalized spacial score (nSPS) is 10.4. The van der Waals surface area contributed by atoms with Gasteiger partial charge in [-0.1, -0.05) is 33.1 Å². The summed E-state index contributed by atoms with van der Waals surface area (Å²) in [5.41, 5.74) is 1.05. The highest BCUT2D eigenvalue weighted by molar-refractivity contribution is 5.75. The molecule has 1 aromatic heterocycles. The molecule has 0 aromatic carbocycles. The Hall–Kier alpha value is -1.70. The van der Waals surface area contributed by atoms with E-state index in [1.54, 1.807) is 19.2 Å². The minimum atomic E-state index is 0.197. The smallest absolute Gasteiger partial charge is 0.130 e. The van der Waals surface area contributed by atoms with Crippen LogP contribution in [0.4, 0.5) is 0 Å². The number of rotatable bonds is 4. The van der Waals surface area contributed by atoms with Crippen LogP contribution in [0.5, 0.6) is 0 Å². The number of carbonyl (C=O) groups is 1. The zero-order chi connectivity index (χ0) is 13.3. The highest BCUT2D eigenvalue weighted by Gasteiger charge is 1.96. The van der Waals surface area contributed by atoms with Gasteiger partial charge in [0.2, 0.25) is 0 Å². The predicted octanol–water partition coefficient (Wildman–Crippen LogP) is 2.01. The van der Waals surface area contributed by atoms with Crippen LogP contribution in [0.15, 0.2) is 24.9 Å². The molecule has 0 atom stereocenters. The first-order valence-corrected chi connectivity index (χ1v) is 5.89. The Bertz CT molecular complexity index is 474. The van der Waals surface area contributed by atoms with Gasteiger partial charge in [0.1, 0.15) is 5.78 Å². The molecule has 1 aromatic rings. The second-order valence-corrected chi connectivity index (χ2v) is 3.49. The van der Waals surface area contributed by atoms with Crippen molar-refractivity contribution in [1.82, 2.24) is 4.98 Å². The average molecular weight is 231 g/mol. The highest BCUT2D eigenvalue weighted by Crippen LogP contribution is 1.97. The van der Waals surface area contributed by atoms with Crippen molar-refractivity contribution in [1.29, 1.82) is 0 Å². The Balaban J connectivity index is 0.00000121. The summed E-state index contributed by atoms with van der Waals surface area (Å²) in [6.07, 6.45) is 6.58. The quantitative estimate of drug-likeness (QED) is 0.793. The van der Waals surface area contributed by atoms with Crippen LogP contribution in [-0.4, -0.2) is 10.8 Å². The van der Waals surface area contributed by atoms with Crippen LogP contribution in [0.2, 0.25) is 0 Å². The Morgan fingerprint density at radius 3 is 2.59 bits per heavy atom. The maximum atomic E-state index is 10.8. The Morgan fingerprint density at radius 2 is 2.12 bits per heavy atom. The second kappa shape index (κ2) is 8.45. The van der Waals surface area contributed by atoms with Gasteiger partial charge in [-0.05, 0) is 36.3 Å². The molecule has 17 heavy (non-hydrogen) atoms. The van der Waals surface area contributed by atoms with Crippen molar-refractivity contribution in [3.05, 3.63) is 41.0 Å². The summed E-state index contributed by atoms with van der Waals surface area (Å²) >= 11 is 0. The summed E-state index contributed by atoms with van der Waals surface area (Å²) in [6, 6.07) is 1.96. The van der Waals surface area contributed by atoms with E-state index in [2.05, 4.69) is 18.1 Å². The number of hydrogen-bond acceptors (Lipinski definition) is 2. The van der Waals surface area contributed by atoms with Gasteiger partial charge < -0.3 is 4.79 Å². The molecule has 0 aliphatic heterocycles. The van der Waals surface area contributed by atoms with Crippen molar-refractivity contribution in [2.75, 3.05) is 0 Å². The number of ketones is 1. The summed E-state index contributed by atoms with van der Waals surface area (Å²) < 4.78 is 0. The molecule has 1 rings (SSSR count). The zero-order valence-corrected chi connectivity index (χ0v) is 11.0. The molecule has 1 heterocycles. The van der Waals surface area contributed by atoms with E-state index in [0.29, 0.717) is 6.42 Å². The fourth-order valence-corrected chi connectivity index (χ4v) is 1.29. The van der Waals surface area contributed by atoms with Crippen molar-refractivity contribution in [2.45, 2.75) is 33.6 Å². The predicted molar refractivity (Wildman–Crippen MR) is 74.0 cm³/mol. The molecule has 0 bridgehead atoms. The van der Waals surface area contributed by atoms with Crippen molar-refractivity contribution >= 4 is 18.4 Å². The number of Topliss-reactive ketones (excluding diaryl/α,β-unsaturated/α-hetero) is 1. The number of allylic oxidation sites excluding steroid dienone is 1. The number of pyridine rings is 1. The zero-order valence-electron chi connectivity index (χ0n) is 11.0. The third-order valence-corrected chi connectivity index (χ3v) is 2.10. The summed E-state index contributed by atoms with van der Waals surface area (Å²) in [4.78, 5) is 15.1. The topological polar surface area (TPSA) is 30.0 Å². The molecule has 0 aliphatic carbocycles. The summed E-state index contributed by atoms with van der Waals surface area (Å²) in [7, 11) is 0. The van der Waals surface area contributed by atoms with E-state index in [1.165, 1.54) is 0 Å². The Kier molecular flexibility index (Phi) is 7.61. The SMILES string of the molecule is C=C/C=c1/ncc(CCC(C)=O)cc1=C.CC. The molecular weight excluding hydrogens is 210 g/mol. The first-order valence-electron chi connectivity index (χ1n) is 5.89. The molecule has 0 radical (unpaired) electrons. The number of aromatic nitrogens is 1. The number of carbonyl (C=O) groups excluding carboxylic acids is 1. The Morgan fingerprint density at radius 1 is 1.47 bits per heavy atom. The van der Waals surface area contributed by atoms with Gasteiger partial charge in [-0.2, -0.15) is 0 Å². The van der Waals surface area contributed by atoms with Crippen molar-refractivity contribution < 1.29 is 4.79 Å². The van der Waals surface area contributed by atoms with Crippen LogP contribution in [0.3, 0.4) is 0 Å². The van der Waals surface area contributed by atoms with Gasteiger partial charge in [-0.15, -0.1) is 0 Å². The van der Waals surface area contributed by atoms with Crippen molar-refractivity contribution in [3.8, 4) is 0 Å². The lowest BCUT2D eigenvalue weighted by Crippen LogP contribution is -2.26. The summed E-state index contributed by atoms with van der Waals surface area (Å²) in [5.74, 6) is 0.197. The minimum Gasteiger partial charge on any atom is -0.300 e. The third-order valence-electron chi connectivity index (χ3n) is 2.10. The first-order chi connectivity index (χ1) is 8.13. The van der Waals surface area contributed by atoms with Gasteiger partial charge in [0.25, 0.3) is 0 Å². The number of aryl methyl sites for hydroxylation is 1. The summed E-state index contributed by atoms with van der Waals surface area (Å²) in [6.45, 7) is 13.1. The largest absolute Gasteiger partial charge is 0.300 e. The minimum absolute atomic E-state index is 0.197. The molecule has 0 amide bonds. The lowest BCUT2D eigenvalue weighted by atomic mass is 10.1. The molecular formula is C15H21NO. The van der Waals surface area contributed by atoms with Crippen LogP contribution in [-0.2, 0) is 11.2 Å². The number of hydrogen-bond donors (Lipinski definition) is 0. The van der Waals surface area contributed by atoms with Gasteiger partial charge in [0.05, 0.1) is 5.35 Å². The lowest BCUT2D eigenvalue weighted by molar-refractivity contribution is -0.116. The van der Waals surface area contributed by atoms with E-state index < -0.39 is 0 Å². The van der Waals surface area contributed by atoms with Crippen LogP contribution >= 0.6 is 0 Å². The molecule has 2 heteroatoms.